The topological polar surface area (TPSA) is 101 Å². The maximum atomic E-state index is 12.9. The van der Waals surface area contributed by atoms with Crippen molar-refractivity contribution in [1.29, 1.82) is 0 Å². The zero-order valence-electron chi connectivity index (χ0n) is 20.8. The normalized spacial score (nSPS) is 14.9. The number of ether oxygens (including phenoxy) is 3. The van der Waals surface area contributed by atoms with Crippen molar-refractivity contribution in [2.45, 2.75) is 4.90 Å². The van der Waals surface area contributed by atoms with Crippen molar-refractivity contribution in [3.8, 4) is 11.5 Å². The summed E-state index contributed by atoms with van der Waals surface area (Å²) in [6, 6.07) is 15.0. The van der Waals surface area contributed by atoms with E-state index < -0.39 is 10.0 Å². The predicted molar refractivity (Wildman–Crippen MR) is 152 cm³/mol. The van der Waals surface area contributed by atoms with Crippen LogP contribution in [0.4, 0.5) is 5.69 Å². The Kier molecular flexibility index (Phi) is 9.00. The molecule has 1 saturated heterocycles. The molecule has 0 amide bonds. The Bertz CT molecular complexity index is 1460. The number of thiocarbonyl (C=S) groups is 1. The lowest BCUT2D eigenvalue weighted by atomic mass is 10.1. The molecule has 4 rings (SSSR count). The molecule has 9 nitrogen and oxygen atoms in total. The average molecular weight is 622 g/mol. The average Bonchev–Trinajstić information content (AvgIpc) is 2.93. The molecule has 1 aliphatic heterocycles. The molecule has 2 heterocycles. The summed E-state index contributed by atoms with van der Waals surface area (Å²) in [7, 11) is -0.572. The molecule has 0 aliphatic carbocycles. The molecular formula is C26H27BrN3O6S2+. The number of aliphatic hydroxyl groups excluding tert-OH is 1. The van der Waals surface area contributed by atoms with Crippen molar-refractivity contribution in [2.75, 3.05) is 45.8 Å². The van der Waals surface area contributed by atoms with Gasteiger partial charge >= 0.3 is 0 Å². The second-order valence-electron chi connectivity index (χ2n) is 8.19. The molecule has 2 aromatic carbocycles. The third-order valence-corrected chi connectivity index (χ3v) is 8.52. The molecule has 0 unspecified atom stereocenters. The first-order chi connectivity index (χ1) is 18.2. The minimum absolute atomic E-state index is 0.0990. The predicted octanol–water partition coefficient (Wildman–Crippen LogP) is 4.10. The second kappa shape index (κ2) is 12.2. The van der Waals surface area contributed by atoms with Gasteiger partial charge in [-0.25, -0.2) is 8.42 Å². The van der Waals surface area contributed by atoms with E-state index in [-0.39, 0.29) is 15.6 Å². The van der Waals surface area contributed by atoms with E-state index >= 15 is 0 Å². The molecule has 38 heavy (non-hydrogen) atoms. The van der Waals surface area contributed by atoms with Gasteiger partial charge < -0.3 is 24.6 Å². The van der Waals surface area contributed by atoms with Crippen LogP contribution in [0.3, 0.4) is 0 Å². The number of sulfonamides is 1. The van der Waals surface area contributed by atoms with Gasteiger partial charge in [-0.05, 0) is 64.5 Å². The van der Waals surface area contributed by atoms with Crippen molar-refractivity contribution >= 4 is 60.3 Å². The fourth-order valence-corrected chi connectivity index (χ4v) is 5.99. The maximum absolute atomic E-state index is 12.9. The Hall–Kier alpha value is -3.03. The molecule has 200 valence electrons. The zero-order valence-corrected chi connectivity index (χ0v) is 24.0. The van der Waals surface area contributed by atoms with E-state index in [1.807, 2.05) is 6.07 Å². The molecule has 0 atom stereocenters. The van der Waals surface area contributed by atoms with Gasteiger partial charge in [0.15, 0.2) is 34.6 Å². The standard InChI is InChI=1S/C26H26BrN3O6S2/c1-34-22-10-5-18(16-23(22)35-2)25(31)24(29-11-3-4-19(27)17-29)26(37)28-20-6-8-21(9-7-20)38(32,33)30-12-14-36-15-13-30/h3-11,16-17H,12-15H2,1-2H3,(H-,28,31,37)/p+1. The van der Waals surface area contributed by atoms with Crippen LogP contribution < -0.4 is 19.4 Å². The molecule has 0 saturated carbocycles. The highest BCUT2D eigenvalue weighted by molar-refractivity contribution is 9.10. The lowest BCUT2D eigenvalue weighted by Gasteiger charge is -2.26. The van der Waals surface area contributed by atoms with E-state index in [9.17, 15) is 13.5 Å². The number of benzene rings is 2. The number of methoxy groups -OCH3 is 2. The SMILES string of the molecule is COc1ccc(C(O)=C(C(=S)Nc2ccc(S(=O)(=O)N3CCOCC3)cc2)[n+]2cccc(Br)c2)cc1OC. The maximum Gasteiger partial charge on any atom is 0.288 e. The zero-order chi connectivity index (χ0) is 27.3. The molecule has 1 fully saturated rings. The number of nitrogens with one attached hydrogen (secondary N) is 1. The summed E-state index contributed by atoms with van der Waals surface area (Å²) >= 11 is 9.17. The summed E-state index contributed by atoms with van der Waals surface area (Å²) in [6.07, 6.45) is 3.52. The number of morpholine rings is 1. The van der Waals surface area contributed by atoms with Crippen LogP contribution in [0.2, 0.25) is 0 Å². The van der Waals surface area contributed by atoms with E-state index in [0.717, 1.165) is 4.47 Å². The highest BCUT2D eigenvalue weighted by Crippen LogP contribution is 2.31. The van der Waals surface area contributed by atoms with E-state index in [1.54, 1.807) is 53.4 Å². The smallest absolute Gasteiger partial charge is 0.288 e. The van der Waals surface area contributed by atoms with Crippen molar-refractivity contribution in [2.24, 2.45) is 0 Å². The van der Waals surface area contributed by atoms with Crippen LogP contribution >= 0.6 is 28.1 Å². The Labute approximate surface area is 235 Å². The van der Waals surface area contributed by atoms with Gasteiger partial charge in [0.25, 0.3) is 5.70 Å². The van der Waals surface area contributed by atoms with Crippen LogP contribution in [0.1, 0.15) is 5.56 Å². The number of hydrogen-bond donors (Lipinski definition) is 2. The third-order valence-electron chi connectivity index (χ3n) is 5.84. The highest BCUT2D eigenvalue weighted by atomic mass is 79.9. The number of aliphatic hydroxyl groups is 1. The summed E-state index contributed by atoms with van der Waals surface area (Å²) in [4.78, 5) is 0.394. The summed E-state index contributed by atoms with van der Waals surface area (Å²) in [5.74, 6) is 0.873. The largest absolute Gasteiger partial charge is 0.502 e. The molecular weight excluding hydrogens is 594 g/mol. The van der Waals surface area contributed by atoms with Gasteiger partial charge in [0.05, 0.1) is 36.8 Å². The van der Waals surface area contributed by atoms with Crippen LogP contribution in [0, 0.1) is 0 Å². The van der Waals surface area contributed by atoms with E-state index in [1.165, 1.54) is 30.7 Å². The summed E-state index contributed by atoms with van der Waals surface area (Å²) < 4.78 is 45.7. The van der Waals surface area contributed by atoms with Crippen LogP contribution in [0.5, 0.6) is 11.5 Å². The van der Waals surface area contributed by atoms with Gasteiger partial charge in [0, 0.05) is 30.4 Å². The van der Waals surface area contributed by atoms with E-state index in [2.05, 4.69) is 21.2 Å². The Morgan fingerprint density at radius 3 is 2.39 bits per heavy atom. The molecule has 12 heteroatoms. The minimum atomic E-state index is -3.62. The molecule has 2 N–H and O–H groups in total. The number of halogens is 1. The molecule has 0 radical (unpaired) electrons. The Morgan fingerprint density at radius 2 is 1.76 bits per heavy atom. The first kappa shape index (κ1) is 28.0. The quantitative estimate of drug-likeness (QED) is 0.168. The lowest BCUT2D eigenvalue weighted by Crippen LogP contribution is -2.40. The second-order valence-corrected chi connectivity index (χ2v) is 11.5. The number of rotatable bonds is 8. The molecule has 1 aromatic heterocycles. The summed E-state index contributed by atoms with van der Waals surface area (Å²) in [5, 5.41) is 14.5. The van der Waals surface area contributed by atoms with Crippen LogP contribution in [-0.2, 0) is 14.8 Å². The fourth-order valence-electron chi connectivity index (χ4n) is 3.89. The van der Waals surface area contributed by atoms with Crippen LogP contribution in [0.15, 0.2) is 76.4 Å². The van der Waals surface area contributed by atoms with Gasteiger partial charge in [-0.1, -0.05) is 12.2 Å². The van der Waals surface area contributed by atoms with Crippen molar-refractivity contribution in [3.05, 3.63) is 77.0 Å². The Morgan fingerprint density at radius 1 is 1.08 bits per heavy atom. The lowest BCUT2D eigenvalue weighted by molar-refractivity contribution is -0.576. The summed E-state index contributed by atoms with van der Waals surface area (Å²) in [5.41, 5.74) is 1.32. The monoisotopic (exact) mass is 620 g/mol. The van der Waals surface area contributed by atoms with Crippen molar-refractivity contribution in [3.63, 3.8) is 0 Å². The first-order valence-corrected chi connectivity index (χ1v) is 14.2. The van der Waals surface area contributed by atoms with Gasteiger partial charge in [0.2, 0.25) is 10.0 Å². The first-order valence-electron chi connectivity index (χ1n) is 11.6. The highest BCUT2D eigenvalue weighted by Gasteiger charge is 2.27. The van der Waals surface area contributed by atoms with Crippen LogP contribution in [-0.4, -0.2) is 63.3 Å². The molecule has 3 aromatic rings. The van der Waals surface area contributed by atoms with Gasteiger partial charge in [-0.2, -0.15) is 8.87 Å². The van der Waals surface area contributed by atoms with Crippen LogP contribution in [0.25, 0.3) is 11.5 Å². The molecule has 0 spiro atoms. The van der Waals surface area contributed by atoms with Gasteiger partial charge in [-0.3, -0.25) is 0 Å². The fraction of sp³-hybridized carbons (Fsp3) is 0.231. The summed E-state index contributed by atoms with van der Waals surface area (Å²) in [6.45, 7) is 1.39. The van der Waals surface area contributed by atoms with E-state index in [0.29, 0.717) is 54.8 Å². The van der Waals surface area contributed by atoms with E-state index in [4.69, 9.17) is 26.4 Å². The number of nitrogens with zero attached hydrogens (tertiary/aromatic N) is 2. The minimum Gasteiger partial charge on any atom is -0.502 e. The number of anilines is 1. The third kappa shape index (κ3) is 6.16. The Balaban J connectivity index is 1.67. The van der Waals surface area contributed by atoms with Crippen molar-refractivity contribution in [1.82, 2.24) is 4.31 Å². The van der Waals surface area contributed by atoms with Gasteiger partial charge in [0.1, 0.15) is 0 Å². The van der Waals surface area contributed by atoms with Crippen molar-refractivity contribution < 1.29 is 32.3 Å². The number of pyridine rings is 1. The molecule has 0 bridgehead atoms. The van der Waals surface area contributed by atoms with Gasteiger partial charge in [-0.15, -0.1) is 0 Å². The molecule has 1 aliphatic rings. The number of aromatic nitrogens is 1. The number of hydrogen-bond acceptors (Lipinski definition) is 7.